The Morgan fingerprint density at radius 3 is 2.71 bits per heavy atom. The second-order valence-electron chi connectivity index (χ2n) is 6.50. The van der Waals surface area contributed by atoms with Gasteiger partial charge in [-0.2, -0.15) is 5.26 Å². The Hall–Kier alpha value is -2.94. The molecular formula is C18H16FN3O2. The largest absolute Gasteiger partial charge is 0.456 e. The number of benzene rings is 1. The lowest BCUT2D eigenvalue weighted by molar-refractivity contribution is -0.118. The molecular weight excluding hydrogens is 309 g/mol. The topological polar surface area (TPSA) is 75.0 Å². The van der Waals surface area contributed by atoms with Gasteiger partial charge < -0.3 is 10.1 Å². The molecule has 2 aromatic rings. The van der Waals surface area contributed by atoms with Gasteiger partial charge in [0, 0.05) is 12.0 Å². The molecule has 1 unspecified atom stereocenters. The monoisotopic (exact) mass is 325 g/mol. The summed E-state index contributed by atoms with van der Waals surface area (Å²) in [4.78, 5) is 16.1. The summed E-state index contributed by atoms with van der Waals surface area (Å²) in [6.45, 7) is 4.10. The van der Waals surface area contributed by atoms with Crippen LogP contribution in [-0.4, -0.2) is 10.9 Å². The average molecular weight is 325 g/mol. The van der Waals surface area contributed by atoms with Gasteiger partial charge in [-0.3, -0.25) is 4.79 Å². The molecule has 24 heavy (non-hydrogen) atoms. The number of nitrogens with one attached hydrogen (secondary N) is 1. The molecule has 122 valence electrons. The minimum Gasteiger partial charge on any atom is -0.456 e. The first-order chi connectivity index (χ1) is 11.4. The zero-order valence-corrected chi connectivity index (χ0v) is 13.3. The fourth-order valence-electron chi connectivity index (χ4n) is 2.46. The molecule has 1 aliphatic rings. The first kappa shape index (κ1) is 15.9. The third-order valence-corrected chi connectivity index (χ3v) is 4.05. The summed E-state index contributed by atoms with van der Waals surface area (Å²) < 4.78 is 18.9. The van der Waals surface area contributed by atoms with E-state index >= 15 is 0 Å². The maximum atomic E-state index is 13.4. The van der Waals surface area contributed by atoms with E-state index in [1.807, 2.05) is 6.07 Å². The van der Waals surface area contributed by atoms with Crippen molar-refractivity contribution >= 4 is 11.7 Å². The number of hydrogen-bond acceptors (Lipinski definition) is 4. The Morgan fingerprint density at radius 1 is 1.38 bits per heavy atom. The van der Waals surface area contributed by atoms with Gasteiger partial charge in [-0.05, 0) is 36.1 Å². The van der Waals surface area contributed by atoms with Crippen molar-refractivity contribution < 1.29 is 13.9 Å². The molecule has 3 rings (SSSR count). The number of nitriles is 1. The Bertz CT molecular complexity index is 825. The van der Waals surface area contributed by atoms with Crippen molar-refractivity contribution in [2.45, 2.75) is 20.3 Å². The fraction of sp³-hybridized carbons (Fsp3) is 0.278. The van der Waals surface area contributed by atoms with Gasteiger partial charge in [0.2, 0.25) is 5.91 Å². The van der Waals surface area contributed by atoms with Crippen molar-refractivity contribution in [3.8, 4) is 17.6 Å². The van der Waals surface area contributed by atoms with E-state index in [0.29, 0.717) is 11.6 Å². The highest BCUT2D eigenvalue weighted by molar-refractivity contribution is 5.94. The fourth-order valence-corrected chi connectivity index (χ4v) is 2.46. The summed E-state index contributed by atoms with van der Waals surface area (Å²) in [5.74, 6) is 0.468. The molecule has 1 fully saturated rings. The van der Waals surface area contributed by atoms with Gasteiger partial charge in [-0.25, -0.2) is 9.37 Å². The molecule has 0 aliphatic heterocycles. The van der Waals surface area contributed by atoms with Crippen LogP contribution in [0, 0.1) is 28.5 Å². The number of rotatable bonds is 4. The van der Waals surface area contributed by atoms with E-state index in [-0.39, 0.29) is 28.6 Å². The van der Waals surface area contributed by atoms with Crippen molar-refractivity contribution in [1.29, 1.82) is 5.26 Å². The molecule has 0 spiro atoms. The molecule has 0 saturated heterocycles. The number of carbonyl (C=O) groups excluding carboxylic acids is 1. The van der Waals surface area contributed by atoms with Gasteiger partial charge in [-0.1, -0.05) is 13.8 Å². The lowest BCUT2D eigenvalue weighted by Gasteiger charge is -2.08. The molecule has 0 radical (unpaired) electrons. The van der Waals surface area contributed by atoms with Crippen molar-refractivity contribution in [2.24, 2.45) is 11.3 Å². The van der Waals surface area contributed by atoms with E-state index in [0.717, 1.165) is 12.5 Å². The molecule has 1 aliphatic carbocycles. The zero-order valence-electron chi connectivity index (χ0n) is 13.3. The van der Waals surface area contributed by atoms with Crippen LogP contribution in [0.25, 0.3) is 0 Å². The number of hydrogen-bond donors (Lipinski definition) is 1. The second kappa shape index (κ2) is 5.93. The quantitative estimate of drug-likeness (QED) is 0.926. The number of halogens is 1. The van der Waals surface area contributed by atoms with Gasteiger partial charge >= 0.3 is 0 Å². The molecule has 1 saturated carbocycles. The Kier molecular flexibility index (Phi) is 3.94. The Morgan fingerprint density at radius 2 is 2.12 bits per heavy atom. The third kappa shape index (κ3) is 3.51. The van der Waals surface area contributed by atoms with E-state index in [1.165, 1.54) is 18.3 Å². The minimum absolute atomic E-state index is 0.0203. The maximum Gasteiger partial charge on any atom is 0.229 e. The second-order valence-corrected chi connectivity index (χ2v) is 6.50. The summed E-state index contributed by atoms with van der Waals surface area (Å²) in [7, 11) is 0. The van der Waals surface area contributed by atoms with Crippen LogP contribution < -0.4 is 10.1 Å². The minimum atomic E-state index is -0.548. The van der Waals surface area contributed by atoms with Gasteiger partial charge in [0.25, 0.3) is 0 Å². The molecule has 1 N–H and O–H groups in total. The Balaban J connectivity index is 1.66. The van der Waals surface area contributed by atoms with Crippen LogP contribution in [0.3, 0.4) is 0 Å². The van der Waals surface area contributed by atoms with E-state index < -0.39 is 5.82 Å². The van der Waals surface area contributed by atoms with Crippen LogP contribution in [0.5, 0.6) is 11.5 Å². The number of aromatic nitrogens is 1. The molecule has 1 heterocycles. The van der Waals surface area contributed by atoms with Crippen LogP contribution in [0.2, 0.25) is 0 Å². The van der Waals surface area contributed by atoms with Crippen molar-refractivity contribution in [2.75, 3.05) is 5.32 Å². The number of pyridine rings is 1. The smallest absolute Gasteiger partial charge is 0.229 e. The van der Waals surface area contributed by atoms with Crippen LogP contribution in [0.1, 0.15) is 25.8 Å². The maximum absolute atomic E-state index is 13.4. The predicted molar refractivity (Wildman–Crippen MR) is 85.9 cm³/mol. The molecule has 1 amide bonds. The number of amides is 1. The van der Waals surface area contributed by atoms with Crippen LogP contribution in [0.15, 0.2) is 36.5 Å². The summed E-state index contributed by atoms with van der Waals surface area (Å²) in [5.41, 5.74) is 0.233. The molecule has 1 aromatic heterocycles. The van der Waals surface area contributed by atoms with E-state index in [1.54, 1.807) is 12.1 Å². The SMILES string of the molecule is CC1(C)CC1C(=O)Nc1ccc(Oc2cc(F)cc(C#N)c2)cn1. The molecule has 0 bridgehead atoms. The molecule has 1 aromatic carbocycles. The summed E-state index contributed by atoms with van der Waals surface area (Å²) >= 11 is 0. The highest BCUT2D eigenvalue weighted by Crippen LogP contribution is 2.51. The number of ether oxygens (including phenoxy) is 1. The Labute approximate surface area is 139 Å². The van der Waals surface area contributed by atoms with Crippen LogP contribution in [-0.2, 0) is 4.79 Å². The normalized spacial score (nSPS) is 17.7. The van der Waals surface area contributed by atoms with E-state index in [9.17, 15) is 9.18 Å². The number of nitrogens with zero attached hydrogens (tertiary/aromatic N) is 2. The predicted octanol–water partition coefficient (Wildman–Crippen LogP) is 3.87. The molecule has 6 heteroatoms. The van der Waals surface area contributed by atoms with Crippen LogP contribution >= 0.6 is 0 Å². The van der Waals surface area contributed by atoms with E-state index in [2.05, 4.69) is 24.1 Å². The van der Waals surface area contributed by atoms with Crippen LogP contribution in [0.4, 0.5) is 10.2 Å². The first-order valence-corrected chi connectivity index (χ1v) is 7.53. The van der Waals surface area contributed by atoms with Gasteiger partial charge in [-0.15, -0.1) is 0 Å². The summed E-state index contributed by atoms with van der Waals surface area (Å²) in [6.07, 6.45) is 2.31. The molecule has 5 nitrogen and oxygen atoms in total. The highest BCUT2D eigenvalue weighted by Gasteiger charge is 2.50. The third-order valence-electron chi connectivity index (χ3n) is 4.05. The van der Waals surface area contributed by atoms with Crippen molar-refractivity contribution in [3.63, 3.8) is 0 Å². The lowest BCUT2D eigenvalue weighted by atomic mass is 10.1. The standard InChI is InChI=1S/C18H16FN3O2/c1-18(2)8-15(18)17(23)22-16-4-3-13(10-21-16)24-14-6-11(9-20)5-12(19)7-14/h3-7,10,15H,8H2,1-2H3,(H,21,22,23). The summed E-state index contributed by atoms with van der Waals surface area (Å²) in [6, 6.07) is 8.86. The zero-order chi connectivity index (χ0) is 17.3. The summed E-state index contributed by atoms with van der Waals surface area (Å²) in [5, 5.41) is 11.6. The number of anilines is 1. The van der Waals surface area contributed by atoms with Crippen molar-refractivity contribution in [3.05, 3.63) is 47.9 Å². The van der Waals surface area contributed by atoms with Gasteiger partial charge in [0.15, 0.2) is 0 Å². The van der Waals surface area contributed by atoms with Gasteiger partial charge in [0.1, 0.15) is 23.1 Å². The molecule has 1 atom stereocenters. The van der Waals surface area contributed by atoms with E-state index in [4.69, 9.17) is 10.00 Å². The average Bonchev–Trinajstić information content (AvgIpc) is 3.17. The van der Waals surface area contributed by atoms with Crippen molar-refractivity contribution in [1.82, 2.24) is 4.98 Å². The lowest BCUT2D eigenvalue weighted by Crippen LogP contribution is -2.17. The first-order valence-electron chi connectivity index (χ1n) is 7.53. The van der Waals surface area contributed by atoms with Gasteiger partial charge in [0.05, 0.1) is 17.8 Å². The highest BCUT2D eigenvalue weighted by atomic mass is 19.1. The number of carbonyl (C=O) groups is 1.